The molecule has 1 aliphatic carbocycles. The topological polar surface area (TPSA) is 193 Å². The summed E-state index contributed by atoms with van der Waals surface area (Å²) < 4.78 is 69.1. The Balaban J connectivity index is 1.31. The van der Waals surface area contributed by atoms with E-state index in [1.54, 1.807) is 12.1 Å². The van der Waals surface area contributed by atoms with Gasteiger partial charge in [0.05, 0.1) is 10.8 Å². The molecule has 50 heavy (non-hydrogen) atoms. The van der Waals surface area contributed by atoms with Crippen LogP contribution in [0.25, 0.3) is 0 Å². The maximum absolute atomic E-state index is 12.9. The molecule has 19 heteroatoms. The molecule has 1 atom stereocenters. The summed E-state index contributed by atoms with van der Waals surface area (Å²) in [7, 11) is -3.83. The van der Waals surface area contributed by atoms with Crippen molar-refractivity contribution >= 4 is 56.9 Å². The molecule has 1 heterocycles. The van der Waals surface area contributed by atoms with Crippen LogP contribution in [0.1, 0.15) is 62.4 Å². The van der Waals surface area contributed by atoms with E-state index >= 15 is 0 Å². The largest absolute Gasteiger partial charge is 0.454 e. The predicted octanol–water partition coefficient (Wildman–Crippen LogP) is 4.18. The van der Waals surface area contributed by atoms with Crippen molar-refractivity contribution < 1.29 is 40.7 Å². The first-order chi connectivity index (χ1) is 23.4. The number of rotatable bonds is 16. The van der Waals surface area contributed by atoms with Crippen molar-refractivity contribution in [3.63, 3.8) is 0 Å². The first kappa shape index (κ1) is 38.1. The van der Waals surface area contributed by atoms with Gasteiger partial charge in [-0.15, -0.1) is 0 Å². The summed E-state index contributed by atoms with van der Waals surface area (Å²) >= 11 is 6.01. The molecule has 4 rings (SSSR count). The highest BCUT2D eigenvalue weighted by atomic mass is 35.5. The van der Waals surface area contributed by atoms with E-state index in [-0.39, 0.29) is 36.8 Å². The fourth-order valence-electron chi connectivity index (χ4n) is 4.39. The highest BCUT2D eigenvalue weighted by Gasteiger charge is 2.45. The Labute approximate surface area is 291 Å². The van der Waals surface area contributed by atoms with Crippen LogP contribution in [0, 0.1) is 0 Å². The highest BCUT2D eigenvalue weighted by Crippen LogP contribution is 2.48. The molecule has 1 aromatic heterocycles. The summed E-state index contributed by atoms with van der Waals surface area (Å²) in [5.74, 6) is -1.90. The molecule has 270 valence electrons. The summed E-state index contributed by atoms with van der Waals surface area (Å²) in [6.45, 7) is 2.71. The first-order valence-corrected chi connectivity index (χ1v) is 17.4. The number of ether oxygens (including phenoxy) is 1. The molecule has 1 aliphatic rings. The minimum Gasteiger partial charge on any atom is -0.454 e. The fourth-order valence-corrected chi connectivity index (χ4v) is 5.20. The summed E-state index contributed by atoms with van der Waals surface area (Å²) in [5.41, 5.74) is 1.07. The lowest BCUT2D eigenvalue weighted by Gasteiger charge is -2.19. The highest BCUT2D eigenvalue weighted by molar-refractivity contribution is 7.90. The maximum Gasteiger partial charge on any atom is 0.422 e. The van der Waals surface area contributed by atoms with Crippen LogP contribution in [0.5, 0.6) is 6.01 Å². The lowest BCUT2D eigenvalue weighted by atomic mass is 10.1. The van der Waals surface area contributed by atoms with Gasteiger partial charge in [0.1, 0.15) is 6.04 Å². The number of alkyl halides is 3. The van der Waals surface area contributed by atoms with E-state index < -0.39 is 63.4 Å². The summed E-state index contributed by atoms with van der Waals surface area (Å²) in [6.07, 6.45) is -2.96. The number of hydrogen-bond acceptors (Lipinski definition) is 11. The van der Waals surface area contributed by atoms with Crippen LogP contribution < -0.4 is 30.7 Å². The minimum atomic E-state index is -4.62. The Morgan fingerprint density at radius 1 is 0.960 bits per heavy atom. The quantitative estimate of drug-likeness (QED) is 0.132. The Morgan fingerprint density at radius 2 is 1.60 bits per heavy atom. The fraction of sp³-hybridized carbons (Fsp3) is 0.419. The minimum absolute atomic E-state index is 0.00593. The monoisotopic (exact) mass is 740 g/mol. The standard InChI is InChI=1S/C31H36ClF3N8O6S/c1-18(2)50(47,48)43-25(45)19(3)37-24(44)5-4-16-36-26(46)20-6-12-23(13-7-20)38-27-39-28(41-29(40-27)49-17-31(33,34)35)42-30(14-15-30)21-8-10-22(32)11-9-21/h6-13,18-19H,4-5,14-17H2,1-3H3,(H,36,46)(H,37,44)(H,43,45)(H2,38,39,40,41,42)/t19-/m0/s1. The van der Waals surface area contributed by atoms with Crippen molar-refractivity contribution in [1.29, 1.82) is 0 Å². The molecule has 3 aromatic rings. The first-order valence-electron chi connectivity index (χ1n) is 15.4. The van der Waals surface area contributed by atoms with Gasteiger partial charge in [0, 0.05) is 29.2 Å². The lowest BCUT2D eigenvalue weighted by Crippen LogP contribution is -2.48. The molecule has 0 spiro atoms. The molecule has 2 aromatic carbocycles. The second-order valence-electron chi connectivity index (χ2n) is 11.8. The molecule has 14 nitrogen and oxygen atoms in total. The number of nitrogens with zero attached hydrogens (tertiary/aromatic N) is 3. The van der Waals surface area contributed by atoms with Crippen molar-refractivity contribution in [3.05, 3.63) is 64.7 Å². The van der Waals surface area contributed by atoms with Gasteiger partial charge in [-0.1, -0.05) is 23.7 Å². The smallest absolute Gasteiger partial charge is 0.422 e. The number of carbonyl (C=O) groups excluding carboxylic acids is 3. The van der Waals surface area contributed by atoms with Gasteiger partial charge in [-0.25, -0.2) is 8.42 Å². The Hall–Kier alpha value is -4.71. The molecule has 0 bridgehead atoms. The zero-order valence-electron chi connectivity index (χ0n) is 27.2. The Kier molecular flexibility index (Phi) is 12.1. The number of sulfonamides is 1. The molecule has 3 amide bonds. The van der Waals surface area contributed by atoms with Crippen LogP contribution in [0.3, 0.4) is 0 Å². The van der Waals surface area contributed by atoms with Crippen molar-refractivity contribution in [1.82, 2.24) is 30.3 Å². The number of anilines is 3. The van der Waals surface area contributed by atoms with Crippen molar-refractivity contribution in [2.45, 2.75) is 69.5 Å². The van der Waals surface area contributed by atoms with Gasteiger partial charge in [-0.3, -0.25) is 19.1 Å². The second-order valence-corrected chi connectivity index (χ2v) is 14.5. The van der Waals surface area contributed by atoms with Crippen LogP contribution in [0.4, 0.5) is 30.8 Å². The molecule has 0 radical (unpaired) electrons. The number of amides is 3. The summed E-state index contributed by atoms with van der Waals surface area (Å²) in [5, 5.41) is 10.9. The third kappa shape index (κ3) is 11.2. The van der Waals surface area contributed by atoms with Gasteiger partial charge in [0.25, 0.3) is 11.8 Å². The maximum atomic E-state index is 12.9. The molecule has 1 saturated carbocycles. The number of carbonyl (C=O) groups is 3. The van der Waals surface area contributed by atoms with E-state index in [9.17, 15) is 36.0 Å². The number of halogens is 4. The zero-order valence-corrected chi connectivity index (χ0v) is 28.8. The Bertz CT molecular complexity index is 1790. The van der Waals surface area contributed by atoms with Gasteiger partial charge in [-0.2, -0.15) is 28.1 Å². The number of benzene rings is 2. The van der Waals surface area contributed by atoms with Gasteiger partial charge in [0.2, 0.25) is 27.8 Å². The third-order valence-electron chi connectivity index (χ3n) is 7.38. The average molecular weight is 741 g/mol. The predicted molar refractivity (Wildman–Crippen MR) is 178 cm³/mol. The third-order valence-corrected chi connectivity index (χ3v) is 9.36. The van der Waals surface area contributed by atoms with E-state index in [2.05, 4.69) is 36.2 Å². The molecule has 5 N–H and O–H groups in total. The molecule has 0 saturated heterocycles. The molecule has 0 unspecified atom stereocenters. The van der Waals surface area contributed by atoms with Crippen LogP contribution in [-0.4, -0.2) is 71.7 Å². The van der Waals surface area contributed by atoms with E-state index in [0.29, 0.717) is 10.7 Å². The zero-order chi connectivity index (χ0) is 36.7. The second kappa shape index (κ2) is 15.9. The normalized spacial score (nSPS) is 14.3. The van der Waals surface area contributed by atoms with Crippen LogP contribution >= 0.6 is 11.6 Å². The molecule has 1 fully saturated rings. The van der Waals surface area contributed by atoms with Crippen LogP contribution in [-0.2, 0) is 25.2 Å². The van der Waals surface area contributed by atoms with Crippen LogP contribution in [0.15, 0.2) is 48.5 Å². The molecular formula is C31H36ClF3N8O6S. The molecule has 0 aliphatic heterocycles. The van der Waals surface area contributed by atoms with E-state index in [1.807, 2.05) is 16.9 Å². The van der Waals surface area contributed by atoms with Gasteiger partial charge in [0.15, 0.2) is 6.61 Å². The van der Waals surface area contributed by atoms with Gasteiger partial charge < -0.3 is 26.0 Å². The average Bonchev–Trinajstić information content (AvgIpc) is 3.82. The van der Waals surface area contributed by atoms with Crippen molar-refractivity contribution in [3.8, 4) is 6.01 Å². The number of aromatic nitrogens is 3. The number of hydrogen-bond donors (Lipinski definition) is 5. The Morgan fingerprint density at radius 3 is 2.20 bits per heavy atom. The summed E-state index contributed by atoms with van der Waals surface area (Å²) in [6, 6.07) is 11.6. The molecular weight excluding hydrogens is 705 g/mol. The summed E-state index contributed by atoms with van der Waals surface area (Å²) in [4.78, 5) is 49.2. The van der Waals surface area contributed by atoms with E-state index in [1.165, 1.54) is 45.0 Å². The van der Waals surface area contributed by atoms with Crippen molar-refractivity contribution in [2.24, 2.45) is 0 Å². The van der Waals surface area contributed by atoms with Crippen molar-refractivity contribution in [2.75, 3.05) is 23.8 Å². The van der Waals surface area contributed by atoms with Crippen LogP contribution in [0.2, 0.25) is 5.02 Å². The number of nitrogens with one attached hydrogen (secondary N) is 5. The van der Waals surface area contributed by atoms with Gasteiger partial charge >= 0.3 is 12.2 Å². The van der Waals surface area contributed by atoms with Gasteiger partial charge in [-0.05, 0) is 82.0 Å². The lowest BCUT2D eigenvalue weighted by molar-refractivity contribution is -0.154. The SMILES string of the molecule is CC(C)S(=O)(=O)NC(=O)[C@H](C)NC(=O)CCCNC(=O)c1ccc(Nc2nc(NC3(c4ccc(Cl)cc4)CC3)nc(OCC(F)(F)F)n2)cc1. The van der Waals surface area contributed by atoms with E-state index in [4.69, 9.17) is 16.3 Å². The van der Waals surface area contributed by atoms with E-state index in [0.717, 1.165) is 18.4 Å².